The highest BCUT2D eigenvalue weighted by Crippen LogP contribution is 2.34. The van der Waals surface area contributed by atoms with Gasteiger partial charge in [0.2, 0.25) is 0 Å². The molecule has 1 saturated heterocycles. The number of nitrogens with one attached hydrogen (secondary N) is 3. The molecule has 2 aromatic rings. The smallest absolute Gasteiger partial charge is 0.281 e. The fourth-order valence-electron chi connectivity index (χ4n) is 2.39. The summed E-state index contributed by atoms with van der Waals surface area (Å²) in [5.74, 6) is -0.308. The minimum absolute atomic E-state index is 0.183. The summed E-state index contributed by atoms with van der Waals surface area (Å²) >= 11 is 12.8. The van der Waals surface area contributed by atoms with Crippen LogP contribution in [-0.4, -0.2) is 30.3 Å². The van der Waals surface area contributed by atoms with E-state index in [9.17, 15) is 4.79 Å². The molecule has 23 heavy (non-hydrogen) atoms. The first-order valence-electron chi connectivity index (χ1n) is 7.28. The van der Waals surface area contributed by atoms with Crippen molar-refractivity contribution in [3.8, 4) is 0 Å². The number of amides is 1. The van der Waals surface area contributed by atoms with Crippen molar-refractivity contribution in [2.45, 2.75) is 18.9 Å². The number of rotatable bonds is 3. The summed E-state index contributed by atoms with van der Waals surface area (Å²) in [7, 11) is 0. The number of hydrogen-bond donors (Lipinski definition) is 3. The number of halogens is 1. The van der Waals surface area contributed by atoms with E-state index in [0.717, 1.165) is 29.5 Å². The molecule has 0 unspecified atom stereocenters. The predicted octanol–water partition coefficient (Wildman–Crippen LogP) is 2.84. The third-order valence-corrected chi connectivity index (χ3v) is 5.47. The fraction of sp³-hybridized carbons (Fsp3) is 0.333. The van der Waals surface area contributed by atoms with E-state index >= 15 is 0 Å². The Morgan fingerprint density at radius 1 is 1.39 bits per heavy atom. The van der Waals surface area contributed by atoms with Gasteiger partial charge in [0, 0.05) is 23.2 Å². The number of hydrogen-bond acceptors (Lipinski definition) is 4. The van der Waals surface area contributed by atoms with Crippen LogP contribution in [0.2, 0.25) is 5.02 Å². The van der Waals surface area contributed by atoms with Crippen LogP contribution >= 0.6 is 35.2 Å². The van der Waals surface area contributed by atoms with Gasteiger partial charge in [0.25, 0.3) is 5.91 Å². The van der Waals surface area contributed by atoms with Gasteiger partial charge in [0.1, 0.15) is 4.88 Å². The Balaban J connectivity index is 1.53. The van der Waals surface area contributed by atoms with Crippen molar-refractivity contribution < 1.29 is 9.53 Å². The minimum Gasteiger partial charge on any atom is -0.376 e. The molecule has 1 aliphatic heterocycles. The highest BCUT2D eigenvalue weighted by atomic mass is 35.5. The van der Waals surface area contributed by atoms with Gasteiger partial charge in [-0.15, -0.1) is 11.3 Å². The predicted molar refractivity (Wildman–Crippen MR) is 97.0 cm³/mol. The molecule has 5 nitrogen and oxygen atoms in total. The van der Waals surface area contributed by atoms with E-state index in [1.807, 2.05) is 24.3 Å². The summed E-state index contributed by atoms with van der Waals surface area (Å²) in [5.41, 5.74) is 5.26. The highest BCUT2D eigenvalue weighted by Gasteiger charge is 2.18. The Hall–Kier alpha value is -1.41. The zero-order valence-corrected chi connectivity index (χ0v) is 14.6. The first-order chi connectivity index (χ1) is 11.1. The Bertz CT molecular complexity index is 729. The number of carbonyl (C=O) groups is 1. The molecule has 1 atom stereocenters. The lowest BCUT2D eigenvalue weighted by Crippen LogP contribution is -2.48. The molecule has 0 radical (unpaired) electrons. The summed E-state index contributed by atoms with van der Waals surface area (Å²) in [5, 5.41) is 4.72. The standard InChI is InChI=1S/C15H16ClN3O2S2/c16-12-10-5-1-2-6-11(10)23-13(12)14(20)18-19-15(22)17-8-9-4-3-7-21-9/h1-2,5-6,9H,3-4,7-8H2,(H,18,20)(H2,17,19,22)/t9-/m1/s1. The summed E-state index contributed by atoms with van der Waals surface area (Å²) < 4.78 is 6.47. The van der Waals surface area contributed by atoms with Crippen molar-refractivity contribution in [1.29, 1.82) is 0 Å². The average molecular weight is 370 g/mol. The van der Waals surface area contributed by atoms with Crippen LogP contribution < -0.4 is 16.2 Å². The van der Waals surface area contributed by atoms with Crippen LogP contribution in [0.5, 0.6) is 0 Å². The molecule has 3 N–H and O–H groups in total. The molecule has 1 fully saturated rings. The Morgan fingerprint density at radius 3 is 2.96 bits per heavy atom. The summed E-state index contributed by atoms with van der Waals surface area (Å²) in [6.07, 6.45) is 2.29. The molecule has 1 aromatic carbocycles. The van der Waals surface area contributed by atoms with Gasteiger partial charge < -0.3 is 10.1 Å². The van der Waals surface area contributed by atoms with Gasteiger partial charge in [-0.1, -0.05) is 29.8 Å². The molecule has 1 aliphatic rings. The monoisotopic (exact) mass is 369 g/mol. The summed E-state index contributed by atoms with van der Waals surface area (Å²) in [6.45, 7) is 1.43. The second kappa shape index (κ2) is 7.44. The fourth-order valence-corrected chi connectivity index (χ4v) is 3.93. The van der Waals surface area contributed by atoms with Crippen molar-refractivity contribution in [3.05, 3.63) is 34.2 Å². The lowest BCUT2D eigenvalue weighted by molar-refractivity contribution is 0.0947. The zero-order chi connectivity index (χ0) is 16.2. The van der Waals surface area contributed by atoms with Gasteiger partial charge >= 0.3 is 0 Å². The van der Waals surface area contributed by atoms with E-state index in [4.69, 9.17) is 28.6 Å². The molecule has 8 heteroatoms. The number of hydrazine groups is 1. The van der Waals surface area contributed by atoms with Crippen LogP contribution in [-0.2, 0) is 4.74 Å². The maximum Gasteiger partial charge on any atom is 0.281 e. The van der Waals surface area contributed by atoms with Crippen LogP contribution in [0.15, 0.2) is 24.3 Å². The van der Waals surface area contributed by atoms with Gasteiger partial charge in [0.15, 0.2) is 5.11 Å². The Labute approximate surface area is 148 Å². The quantitative estimate of drug-likeness (QED) is 0.573. The molecule has 1 aromatic heterocycles. The van der Waals surface area contributed by atoms with Crippen molar-refractivity contribution in [2.24, 2.45) is 0 Å². The van der Waals surface area contributed by atoms with Gasteiger partial charge in [-0.2, -0.15) is 0 Å². The first kappa shape index (κ1) is 16.4. The molecule has 0 bridgehead atoms. The van der Waals surface area contributed by atoms with Crippen LogP contribution in [0, 0.1) is 0 Å². The van der Waals surface area contributed by atoms with Crippen LogP contribution in [0.25, 0.3) is 10.1 Å². The van der Waals surface area contributed by atoms with Crippen molar-refractivity contribution in [3.63, 3.8) is 0 Å². The third kappa shape index (κ3) is 3.92. The highest BCUT2D eigenvalue weighted by molar-refractivity contribution is 7.80. The zero-order valence-electron chi connectivity index (χ0n) is 12.2. The Morgan fingerprint density at radius 2 is 2.22 bits per heavy atom. The largest absolute Gasteiger partial charge is 0.376 e. The van der Waals surface area contributed by atoms with E-state index < -0.39 is 0 Å². The van der Waals surface area contributed by atoms with E-state index in [1.54, 1.807) is 0 Å². The number of fused-ring (bicyclic) bond motifs is 1. The molecule has 0 saturated carbocycles. The summed E-state index contributed by atoms with van der Waals surface area (Å²) in [6, 6.07) is 7.64. The molecule has 0 spiro atoms. The van der Waals surface area contributed by atoms with Gasteiger partial charge in [0.05, 0.1) is 11.1 Å². The normalized spacial score (nSPS) is 17.2. The molecule has 0 aliphatic carbocycles. The van der Waals surface area contributed by atoms with E-state index in [-0.39, 0.29) is 12.0 Å². The lowest BCUT2D eigenvalue weighted by Gasteiger charge is -2.14. The van der Waals surface area contributed by atoms with Crippen molar-refractivity contribution in [2.75, 3.05) is 13.2 Å². The number of carbonyl (C=O) groups excluding carboxylic acids is 1. The maximum absolute atomic E-state index is 12.2. The minimum atomic E-state index is -0.308. The lowest BCUT2D eigenvalue weighted by atomic mass is 10.2. The second-order valence-corrected chi connectivity index (χ2v) is 7.00. The first-order valence-corrected chi connectivity index (χ1v) is 8.88. The van der Waals surface area contributed by atoms with Gasteiger partial charge in [-0.25, -0.2) is 0 Å². The number of ether oxygens (including phenoxy) is 1. The Kier molecular flexibility index (Phi) is 5.32. The van der Waals surface area contributed by atoms with E-state index in [1.165, 1.54) is 11.3 Å². The van der Waals surface area contributed by atoms with Gasteiger partial charge in [-0.3, -0.25) is 15.6 Å². The molecule has 2 heterocycles. The molecular weight excluding hydrogens is 354 g/mol. The van der Waals surface area contributed by atoms with Crippen molar-refractivity contribution >= 4 is 56.3 Å². The van der Waals surface area contributed by atoms with Gasteiger partial charge in [-0.05, 0) is 31.1 Å². The van der Waals surface area contributed by atoms with Crippen LogP contribution in [0.1, 0.15) is 22.5 Å². The molecule has 1 amide bonds. The van der Waals surface area contributed by atoms with Crippen LogP contribution in [0.3, 0.4) is 0 Å². The molecule has 122 valence electrons. The van der Waals surface area contributed by atoms with E-state index in [0.29, 0.717) is 21.6 Å². The number of thiocarbonyl (C=S) groups is 1. The average Bonchev–Trinajstić information content (AvgIpc) is 3.19. The van der Waals surface area contributed by atoms with Crippen molar-refractivity contribution in [1.82, 2.24) is 16.2 Å². The SMILES string of the molecule is O=C(NNC(=S)NC[C@H]1CCCO1)c1sc2ccccc2c1Cl. The maximum atomic E-state index is 12.2. The topological polar surface area (TPSA) is 62.4 Å². The van der Waals surface area contributed by atoms with E-state index in [2.05, 4.69) is 16.2 Å². The number of benzene rings is 1. The number of thiophene rings is 1. The molecule has 3 rings (SSSR count). The molecular formula is C15H16ClN3O2S2. The second-order valence-electron chi connectivity index (χ2n) is 5.17. The third-order valence-electron chi connectivity index (χ3n) is 3.54. The van der Waals surface area contributed by atoms with Crippen LogP contribution in [0.4, 0.5) is 0 Å². The summed E-state index contributed by atoms with van der Waals surface area (Å²) in [4.78, 5) is 12.7.